The summed E-state index contributed by atoms with van der Waals surface area (Å²) in [5.74, 6) is 3.68. The van der Waals surface area contributed by atoms with Gasteiger partial charge in [-0.3, -0.25) is 0 Å². The fourth-order valence-electron chi connectivity index (χ4n) is 4.44. The molecule has 0 saturated carbocycles. The first kappa shape index (κ1) is 22.7. The average molecular weight is 448 g/mol. The van der Waals surface area contributed by atoms with Crippen molar-refractivity contribution >= 4 is 17.3 Å². The Morgan fingerprint density at radius 1 is 0.970 bits per heavy atom. The van der Waals surface area contributed by atoms with Crippen molar-refractivity contribution in [3.05, 3.63) is 66.0 Å². The maximum absolute atomic E-state index is 6.47. The van der Waals surface area contributed by atoms with E-state index in [1.807, 2.05) is 18.2 Å². The van der Waals surface area contributed by atoms with Crippen LogP contribution in [0.5, 0.6) is 11.5 Å². The predicted molar refractivity (Wildman–Crippen MR) is 133 cm³/mol. The maximum atomic E-state index is 6.47. The highest BCUT2D eigenvalue weighted by atomic mass is 16.5. The summed E-state index contributed by atoms with van der Waals surface area (Å²) < 4.78 is 10.7. The normalized spacial score (nSPS) is 14.2. The molecule has 33 heavy (non-hydrogen) atoms. The van der Waals surface area contributed by atoms with Crippen LogP contribution in [0.4, 0.5) is 17.3 Å². The molecule has 3 aromatic rings. The van der Waals surface area contributed by atoms with E-state index in [2.05, 4.69) is 50.5 Å². The number of hydrogen-bond acceptors (Lipinski definition) is 7. The zero-order valence-corrected chi connectivity index (χ0v) is 19.5. The summed E-state index contributed by atoms with van der Waals surface area (Å²) in [6.07, 6.45) is 5.82. The number of anilines is 3. The summed E-state index contributed by atoms with van der Waals surface area (Å²) in [5.41, 5.74) is 9.65. The van der Waals surface area contributed by atoms with Crippen LogP contribution in [0.25, 0.3) is 0 Å². The number of ether oxygens (including phenoxy) is 2. The molecule has 2 aromatic carbocycles. The number of nitrogens with zero attached hydrogens (tertiary/aromatic N) is 3. The number of methoxy groups -OCH3 is 2. The number of rotatable bonds is 9. The van der Waals surface area contributed by atoms with Crippen LogP contribution in [0.3, 0.4) is 0 Å². The summed E-state index contributed by atoms with van der Waals surface area (Å²) in [4.78, 5) is 11.2. The molecule has 4 rings (SSSR count). The molecule has 0 aliphatic carbocycles. The second kappa shape index (κ2) is 10.9. The zero-order valence-electron chi connectivity index (χ0n) is 19.5. The predicted octanol–water partition coefficient (Wildman–Crippen LogP) is 4.19. The van der Waals surface area contributed by atoms with Gasteiger partial charge in [0.05, 0.1) is 14.2 Å². The van der Waals surface area contributed by atoms with E-state index in [0.29, 0.717) is 24.0 Å². The Hall–Kier alpha value is -3.48. The van der Waals surface area contributed by atoms with Crippen molar-refractivity contribution in [3.8, 4) is 11.5 Å². The third kappa shape index (κ3) is 5.66. The molecule has 7 heteroatoms. The van der Waals surface area contributed by atoms with Crippen LogP contribution in [-0.2, 0) is 12.8 Å². The summed E-state index contributed by atoms with van der Waals surface area (Å²) in [7, 11) is 3.29. The van der Waals surface area contributed by atoms with Gasteiger partial charge in [0, 0.05) is 19.6 Å². The quantitative estimate of drug-likeness (QED) is 0.509. The summed E-state index contributed by atoms with van der Waals surface area (Å²) in [6, 6.07) is 16.7. The Morgan fingerprint density at radius 3 is 2.45 bits per heavy atom. The van der Waals surface area contributed by atoms with Crippen molar-refractivity contribution in [1.82, 2.24) is 9.97 Å². The van der Waals surface area contributed by atoms with Crippen molar-refractivity contribution in [1.29, 1.82) is 0 Å². The first-order valence-electron chi connectivity index (χ1n) is 11.5. The van der Waals surface area contributed by atoms with E-state index in [1.54, 1.807) is 20.5 Å². The van der Waals surface area contributed by atoms with Gasteiger partial charge >= 0.3 is 0 Å². The van der Waals surface area contributed by atoms with Crippen LogP contribution in [0.1, 0.15) is 24.0 Å². The van der Waals surface area contributed by atoms with Crippen molar-refractivity contribution in [3.63, 3.8) is 0 Å². The number of nitrogen functional groups attached to an aromatic ring is 1. The SMILES string of the molecule is COc1ccc(CCNc2ncnc(N3CCC(Cc4ccccc4)CC3)c2N)cc1OC. The number of nitrogens with two attached hydrogens (primary N) is 1. The molecule has 0 unspecified atom stereocenters. The molecule has 1 aromatic heterocycles. The van der Waals surface area contributed by atoms with Gasteiger partial charge in [-0.1, -0.05) is 36.4 Å². The molecular formula is C26H33N5O2. The molecule has 1 saturated heterocycles. The monoisotopic (exact) mass is 447 g/mol. The van der Waals surface area contributed by atoms with E-state index in [1.165, 1.54) is 5.56 Å². The second-order valence-electron chi connectivity index (χ2n) is 8.45. The molecule has 2 heterocycles. The van der Waals surface area contributed by atoms with Gasteiger partial charge in [0.25, 0.3) is 0 Å². The molecule has 3 N–H and O–H groups in total. The Morgan fingerprint density at radius 2 is 1.73 bits per heavy atom. The molecule has 1 aliphatic rings. The van der Waals surface area contributed by atoms with E-state index in [0.717, 1.165) is 61.7 Å². The molecule has 0 spiro atoms. The van der Waals surface area contributed by atoms with Crippen LogP contribution in [-0.4, -0.2) is 43.8 Å². The molecule has 1 aliphatic heterocycles. The Labute approximate surface area is 196 Å². The number of benzene rings is 2. The minimum absolute atomic E-state index is 0.617. The highest BCUT2D eigenvalue weighted by Gasteiger charge is 2.23. The maximum Gasteiger partial charge on any atom is 0.160 e. The minimum Gasteiger partial charge on any atom is -0.493 e. The number of aromatic nitrogens is 2. The lowest BCUT2D eigenvalue weighted by Crippen LogP contribution is -2.35. The van der Waals surface area contributed by atoms with Crippen LogP contribution in [0.2, 0.25) is 0 Å². The molecule has 0 amide bonds. The van der Waals surface area contributed by atoms with E-state index in [9.17, 15) is 0 Å². The minimum atomic E-state index is 0.617. The molecule has 0 bridgehead atoms. The third-order valence-corrected chi connectivity index (χ3v) is 6.30. The first-order chi connectivity index (χ1) is 16.2. The highest BCUT2D eigenvalue weighted by molar-refractivity contribution is 5.75. The number of hydrogen-bond donors (Lipinski definition) is 2. The van der Waals surface area contributed by atoms with Crippen molar-refractivity contribution in [2.45, 2.75) is 25.7 Å². The smallest absolute Gasteiger partial charge is 0.160 e. The molecule has 1 fully saturated rings. The van der Waals surface area contributed by atoms with Gasteiger partial charge in [-0.05, 0) is 54.9 Å². The second-order valence-corrected chi connectivity index (χ2v) is 8.45. The van der Waals surface area contributed by atoms with E-state index in [-0.39, 0.29) is 0 Å². The zero-order chi connectivity index (χ0) is 23.0. The molecular weight excluding hydrogens is 414 g/mol. The van der Waals surface area contributed by atoms with Crippen molar-refractivity contribution < 1.29 is 9.47 Å². The Balaban J connectivity index is 1.32. The van der Waals surface area contributed by atoms with Crippen LogP contribution >= 0.6 is 0 Å². The van der Waals surface area contributed by atoms with Gasteiger partial charge in [-0.2, -0.15) is 0 Å². The Bertz CT molecular complexity index is 1040. The standard InChI is InChI=1S/C26H33N5O2/c1-32-22-9-8-20(17-23(22)33-2)10-13-28-25-24(27)26(30-18-29-25)31-14-11-21(12-15-31)16-19-6-4-3-5-7-19/h3-9,17-18,21H,10-16,27H2,1-2H3,(H,28,29,30). The fourth-order valence-corrected chi connectivity index (χ4v) is 4.44. The molecule has 7 nitrogen and oxygen atoms in total. The number of piperidine rings is 1. The lowest BCUT2D eigenvalue weighted by Gasteiger charge is -2.33. The first-order valence-corrected chi connectivity index (χ1v) is 11.5. The van der Waals surface area contributed by atoms with E-state index >= 15 is 0 Å². The van der Waals surface area contributed by atoms with Crippen molar-refractivity contribution in [2.24, 2.45) is 5.92 Å². The van der Waals surface area contributed by atoms with Gasteiger partial charge in [0.1, 0.15) is 12.0 Å². The van der Waals surface area contributed by atoms with E-state index < -0.39 is 0 Å². The van der Waals surface area contributed by atoms with Gasteiger partial charge in [0.15, 0.2) is 23.1 Å². The van der Waals surface area contributed by atoms with Gasteiger partial charge < -0.3 is 25.4 Å². The van der Waals surface area contributed by atoms with Gasteiger partial charge in [-0.15, -0.1) is 0 Å². The fraction of sp³-hybridized carbons (Fsp3) is 0.385. The number of nitrogens with one attached hydrogen (secondary N) is 1. The van der Waals surface area contributed by atoms with Gasteiger partial charge in [-0.25, -0.2) is 9.97 Å². The van der Waals surface area contributed by atoms with Crippen LogP contribution in [0.15, 0.2) is 54.9 Å². The summed E-state index contributed by atoms with van der Waals surface area (Å²) in [6.45, 7) is 2.63. The van der Waals surface area contributed by atoms with Crippen LogP contribution in [0, 0.1) is 5.92 Å². The van der Waals surface area contributed by atoms with E-state index in [4.69, 9.17) is 15.2 Å². The molecule has 174 valence electrons. The topological polar surface area (TPSA) is 85.5 Å². The third-order valence-electron chi connectivity index (χ3n) is 6.30. The summed E-state index contributed by atoms with van der Waals surface area (Å²) >= 11 is 0. The van der Waals surface area contributed by atoms with Crippen molar-refractivity contribution in [2.75, 3.05) is 49.8 Å². The lowest BCUT2D eigenvalue weighted by molar-refractivity contribution is 0.354. The Kier molecular flexibility index (Phi) is 7.50. The highest BCUT2D eigenvalue weighted by Crippen LogP contribution is 2.31. The summed E-state index contributed by atoms with van der Waals surface area (Å²) in [5, 5.41) is 3.37. The molecule has 0 radical (unpaired) electrons. The average Bonchev–Trinajstić information content (AvgIpc) is 2.86. The molecule has 0 atom stereocenters. The van der Waals surface area contributed by atoms with Crippen LogP contribution < -0.4 is 25.4 Å². The largest absolute Gasteiger partial charge is 0.493 e. The van der Waals surface area contributed by atoms with Gasteiger partial charge in [0.2, 0.25) is 0 Å². The lowest BCUT2D eigenvalue weighted by atomic mass is 9.90.